The molecule has 8 nitrogen and oxygen atoms in total. The van der Waals surface area contributed by atoms with Gasteiger partial charge in [0.15, 0.2) is 0 Å². The molecule has 0 aliphatic carbocycles. The molecule has 2 aliphatic heterocycles. The van der Waals surface area contributed by atoms with Crippen LogP contribution in [0, 0.1) is 0 Å². The van der Waals surface area contributed by atoms with Gasteiger partial charge >= 0.3 is 0 Å². The van der Waals surface area contributed by atoms with E-state index < -0.39 is 0 Å². The Kier molecular flexibility index (Phi) is 5.21. The number of amides is 1. The monoisotopic (exact) mass is 356 g/mol. The van der Waals surface area contributed by atoms with E-state index in [0.717, 1.165) is 44.9 Å². The number of aromatic nitrogens is 4. The second-order valence-electron chi connectivity index (χ2n) is 6.91. The highest BCUT2D eigenvalue weighted by atomic mass is 16.5. The van der Waals surface area contributed by atoms with Gasteiger partial charge in [-0.15, -0.1) is 5.10 Å². The van der Waals surface area contributed by atoms with E-state index in [1.165, 1.54) is 19.2 Å². The SMILES string of the molecule is O=C(c1ccc(-n2cnnn2)cc1)N1CCCOC(CN2CCCC2)C1. The van der Waals surface area contributed by atoms with E-state index in [2.05, 4.69) is 20.4 Å². The van der Waals surface area contributed by atoms with Gasteiger partial charge in [-0.1, -0.05) is 0 Å². The van der Waals surface area contributed by atoms with Gasteiger partial charge in [-0.2, -0.15) is 0 Å². The standard InChI is InChI=1S/C18H24N6O2/c25-18(15-4-6-16(7-5-15)24-14-19-20-21-24)23-10-3-11-26-17(13-23)12-22-8-1-2-9-22/h4-7,14,17H,1-3,8-13H2. The minimum atomic E-state index is 0.0604. The lowest BCUT2D eigenvalue weighted by atomic mass is 10.1. The van der Waals surface area contributed by atoms with Gasteiger partial charge in [0, 0.05) is 31.8 Å². The molecule has 1 aromatic heterocycles. The van der Waals surface area contributed by atoms with Crippen molar-refractivity contribution in [2.24, 2.45) is 0 Å². The topological polar surface area (TPSA) is 76.4 Å². The Hall–Kier alpha value is -2.32. The normalized spacial score (nSPS) is 21.7. The Morgan fingerprint density at radius 2 is 1.92 bits per heavy atom. The summed E-state index contributed by atoms with van der Waals surface area (Å²) in [5, 5.41) is 11.1. The predicted octanol–water partition coefficient (Wildman–Crippen LogP) is 0.989. The number of nitrogens with zero attached hydrogens (tertiary/aromatic N) is 6. The maximum Gasteiger partial charge on any atom is 0.253 e. The van der Waals surface area contributed by atoms with Gasteiger partial charge < -0.3 is 14.5 Å². The van der Waals surface area contributed by atoms with Crippen LogP contribution in [0.5, 0.6) is 0 Å². The quantitative estimate of drug-likeness (QED) is 0.813. The van der Waals surface area contributed by atoms with Crippen LogP contribution in [-0.4, -0.2) is 81.3 Å². The molecule has 0 saturated carbocycles. The summed E-state index contributed by atoms with van der Waals surface area (Å²) in [7, 11) is 0. The maximum absolute atomic E-state index is 12.9. The first-order valence-electron chi connectivity index (χ1n) is 9.26. The number of hydrogen-bond donors (Lipinski definition) is 0. The Bertz CT molecular complexity index is 712. The average Bonchev–Trinajstić information content (AvgIpc) is 3.33. The average molecular weight is 356 g/mol. The number of carbonyl (C=O) groups is 1. The number of ether oxygens (including phenoxy) is 1. The fourth-order valence-electron chi connectivity index (χ4n) is 3.66. The molecule has 0 bridgehead atoms. The van der Waals surface area contributed by atoms with Crippen molar-refractivity contribution >= 4 is 5.91 Å². The van der Waals surface area contributed by atoms with Crippen LogP contribution in [0.4, 0.5) is 0 Å². The molecule has 2 fully saturated rings. The molecule has 3 heterocycles. The van der Waals surface area contributed by atoms with Crippen molar-refractivity contribution in [3.63, 3.8) is 0 Å². The zero-order valence-electron chi connectivity index (χ0n) is 14.8. The summed E-state index contributed by atoms with van der Waals surface area (Å²) < 4.78 is 7.56. The summed E-state index contributed by atoms with van der Waals surface area (Å²) in [5.41, 5.74) is 1.52. The van der Waals surface area contributed by atoms with E-state index in [9.17, 15) is 4.79 Å². The number of hydrogen-bond acceptors (Lipinski definition) is 6. The molecule has 26 heavy (non-hydrogen) atoms. The summed E-state index contributed by atoms with van der Waals surface area (Å²) in [6, 6.07) is 7.39. The summed E-state index contributed by atoms with van der Waals surface area (Å²) in [5.74, 6) is 0.0604. The second-order valence-corrected chi connectivity index (χ2v) is 6.91. The zero-order valence-corrected chi connectivity index (χ0v) is 14.8. The van der Waals surface area contributed by atoms with Gasteiger partial charge in [-0.3, -0.25) is 4.79 Å². The van der Waals surface area contributed by atoms with Crippen LogP contribution in [0.1, 0.15) is 29.6 Å². The molecule has 138 valence electrons. The number of tetrazole rings is 1. The van der Waals surface area contributed by atoms with E-state index in [4.69, 9.17) is 4.74 Å². The first-order chi connectivity index (χ1) is 12.8. The molecule has 0 N–H and O–H groups in total. The molecule has 2 aromatic rings. The molecular weight excluding hydrogens is 332 g/mol. The molecule has 1 aromatic carbocycles. The van der Waals surface area contributed by atoms with Crippen molar-refractivity contribution < 1.29 is 9.53 Å². The van der Waals surface area contributed by atoms with Crippen molar-refractivity contribution in [3.05, 3.63) is 36.2 Å². The molecule has 2 saturated heterocycles. The van der Waals surface area contributed by atoms with E-state index in [0.29, 0.717) is 12.1 Å². The predicted molar refractivity (Wildman–Crippen MR) is 95.1 cm³/mol. The number of likely N-dealkylation sites (tertiary alicyclic amines) is 1. The van der Waals surface area contributed by atoms with Crippen LogP contribution in [0.2, 0.25) is 0 Å². The molecule has 4 rings (SSSR count). The molecule has 1 atom stereocenters. The van der Waals surface area contributed by atoms with Crippen LogP contribution in [0.25, 0.3) is 5.69 Å². The minimum Gasteiger partial charge on any atom is -0.375 e. The first-order valence-corrected chi connectivity index (χ1v) is 9.26. The highest BCUT2D eigenvalue weighted by molar-refractivity contribution is 5.94. The lowest BCUT2D eigenvalue weighted by Crippen LogP contribution is -2.41. The molecule has 1 amide bonds. The molecule has 1 unspecified atom stereocenters. The van der Waals surface area contributed by atoms with E-state index in [-0.39, 0.29) is 12.0 Å². The summed E-state index contributed by atoms with van der Waals surface area (Å²) in [4.78, 5) is 17.3. The van der Waals surface area contributed by atoms with E-state index in [1.807, 2.05) is 29.2 Å². The zero-order chi connectivity index (χ0) is 17.8. The third kappa shape index (κ3) is 3.91. The van der Waals surface area contributed by atoms with Crippen molar-refractivity contribution in [2.45, 2.75) is 25.4 Å². The van der Waals surface area contributed by atoms with Gasteiger partial charge in [0.05, 0.1) is 11.8 Å². The Morgan fingerprint density at radius 3 is 2.65 bits per heavy atom. The van der Waals surface area contributed by atoms with Crippen molar-refractivity contribution in [1.29, 1.82) is 0 Å². The smallest absolute Gasteiger partial charge is 0.253 e. The van der Waals surface area contributed by atoms with Gasteiger partial charge in [0.2, 0.25) is 0 Å². The van der Waals surface area contributed by atoms with Gasteiger partial charge in [-0.25, -0.2) is 4.68 Å². The second kappa shape index (κ2) is 7.92. The van der Waals surface area contributed by atoms with E-state index >= 15 is 0 Å². The highest BCUT2D eigenvalue weighted by Crippen LogP contribution is 2.16. The van der Waals surface area contributed by atoms with Crippen LogP contribution in [0.3, 0.4) is 0 Å². The third-order valence-electron chi connectivity index (χ3n) is 5.03. The highest BCUT2D eigenvalue weighted by Gasteiger charge is 2.26. The maximum atomic E-state index is 12.9. The van der Waals surface area contributed by atoms with Gasteiger partial charge in [0.25, 0.3) is 5.91 Å². The van der Waals surface area contributed by atoms with Crippen LogP contribution < -0.4 is 0 Å². The first kappa shape index (κ1) is 17.1. The fraction of sp³-hybridized carbons (Fsp3) is 0.556. The molecular formula is C18H24N6O2. The Morgan fingerprint density at radius 1 is 1.12 bits per heavy atom. The van der Waals surface area contributed by atoms with Gasteiger partial charge in [-0.05, 0) is 67.0 Å². The number of rotatable bonds is 4. The van der Waals surface area contributed by atoms with Crippen molar-refractivity contribution in [3.8, 4) is 5.69 Å². The van der Waals surface area contributed by atoms with Crippen molar-refractivity contribution in [1.82, 2.24) is 30.0 Å². The Labute approximate surface area is 152 Å². The molecule has 0 radical (unpaired) electrons. The number of benzene rings is 1. The molecule has 8 heteroatoms. The van der Waals surface area contributed by atoms with Crippen molar-refractivity contribution in [2.75, 3.05) is 39.3 Å². The summed E-state index contributed by atoms with van der Waals surface area (Å²) >= 11 is 0. The van der Waals surface area contributed by atoms with Crippen LogP contribution >= 0.6 is 0 Å². The number of carbonyl (C=O) groups excluding carboxylic acids is 1. The van der Waals surface area contributed by atoms with E-state index in [1.54, 1.807) is 4.68 Å². The molecule has 0 spiro atoms. The molecule has 2 aliphatic rings. The minimum absolute atomic E-state index is 0.0604. The largest absolute Gasteiger partial charge is 0.375 e. The third-order valence-corrected chi connectivity index (χ3v) is 5.03. The fourth-order valence-corrected chi connectivity index (χ4v) is 3.66. The Balaban J connectivity index is 1.42. The lowest BCUT2D eigenvalue weighted by Gasteiger charge is -2.27. The lowest BCUT2D eigenvalue weighted by molar-refractivity contribution is 0.0297. The summed E-state index contributed by atoms with van der Waals surface area (Å²) in [6.45, 7) is 5.33. The van der Waals surface area contributed by atoms with Gasteiger partial charge in [0.1, 0.15) is 6.33 Å². The van der Waals surface area contributed by atoms with Crippen LogP contribution in [-0.2, 0) is 4.74 Å². The summed E-state index contributed by atoms with van der Waals surface area (Å²) in [6.07, 6.45) is 5.04. The van der Waals surface area contributed by atoms with Crippen LogP contribution in [0.15, 0.2) is 30.6 Å².